The Morgan fingerprint density at radius 1 is 1.20 bits per heavy atom. The van der Waals surface area contributed by atoms with E-state index in [1.807, 2.05) is 45.0 Å². The second kappa shape index (κ2) is 6.97. The van der Waals surface area contributed by atoms with Crippen molar-refractivity contribution >= 4 is 16.8 Å². The Kier molecular flexibility index (Phi) is 4.74. The molecule has 25 heavy (non-hydrogen) atoms. The van der Waals surface area contributed by atoms with E-state index in [0.717, 1.165) is 22.0 Å². The predicted octanol–water partition coefficient (Wildman–Crippen LogP) is 3.68. The minimum Gasteiger partial charge on any atom is -0.467 e. The zero-order valence-electron chi connectivity index (χ0n) is 14.8. The van der Waals surface area contributed by atoms with E-state index in [1.165, 1.54) is 0 Å². The third-order valence-corrected chi connectivity index (χ3v) is 4.57. The van der Waals surface area contributed by atoms with Crippen LogP contribution in [0.4, 0.5) is 0 Å². The van der Waals surface area contributed by atoms with Gasteiger partial charge in [0.1, 0.15) is 5.76 Å². The summed E-state index contributed by atoms with van der Waals surface area (Å²) in [4.78, 5) is 29.4. The molecule has 2 aromatic heterocycles. The molecular weight excluding hydrogens is 316 g/mol. The molecule has 5 nitrogen and oxygen atoms in total. The molecule has 0 spiro atoms. The molecule has 2 heterocycles. The van der Waals surface area contributed by atoms with Gasteiger partial charge in [0.05, 0.1) is 24.9 Å². The molecule has 130 valence electrons. The maximum absolute atomic E-state index is 12.5. The standard InChI is InChI=1S/C20H22N2O3/c1-4-18(23)22(12-17-6-5-9-25-17)11-16-10-15-8-7-13(2)14(3)19(15)21-20(16)24/h5-10H,4,11-12H2,1-3H3,(H,21,24). The van der Waals surface area contributed by atoms with Crippen molar-refractivity contribution in [2.24, 2.45) is 0 Å². The molecule has 5 heteroatoms. The largest absolute Gasteiger partial charge is 0.467 e. The Bertz CT molecular complexity index is 955. The van der Waals surface area contributed by atoms with E-state index in [0.29, 0.717) is 24.3 Å². The monoisotopic (exact) mass is 338 g/mol. The van der Waals surface area contributed by atoms with Crippen molar-refractivity contribution in [2.75, 3.05) is 0 Å². The summed E-state index contributed by atoms with van der Waals surface area (Å²) in [7, 11) is 0. The molecule has 1 N–H and O–H groups in total. The number of pyridine rings is 1. The van der Waals surface area contributed by atoms with Gasteiger partial charge in [0.25, 0.3) is 5.56 Å². The number of aromatic nitrogens is 1. The molecule has 0 aliphatic carbocycles. The second-order valence-corrected chi connectivity index (χ2v) is 6.28. The van der Waals surface area contributed by atoms with Gasteiger partial charge in [-0.05, 0) is 48.6 Å². The number of carbonyl (C=O) groups is 1. The fourth-order valence-electron chi connectivity index (χ4n) is 2.94. The number of amides is 1. The van der Waals surface area contributed by atoms with Crippen molar-refractivity contribution in [3.8, 4) is 0 Å². The Morgan fingerprint density at radius 3 is 2.68 bits per heavy atom. The van der Waals surface area contributed by atoms with Gasteiger partial charge in [0, 0.05) is 12.0 Å². The lowest BCUT2D eigenvalue weighted by molar-refractivity contribution is -0.132. The lowest BCUT2D eigenvalue weighted by Gasteiger charge is -2.21. The molecule has 0 aliphatic rings. The number of H-pyrrole nitrogens is 1. The second-order valence-electron chi connectivity index (χ2n) is 6.28. The lowest BCUT2D eigenvalue weighted by Crippen LogP contribution is -2.31. The summed E-state index contributed by atoms with van der Waals surface area (Å²) < 4.78 is 5.35. The van der Waals surface area contributed by atoms with E-state index >= 15 is 0 Å². The summed E-state index contributed by atoms with van der Waals surface area (Å²) in [5, 5.41) is 0.972. The van der Waals surface area contributed by atoms with Gasteiger partial charge in [-0.3, -0.25) is 9.59 Å². The Balaban J connectivity index is 1.96. The number of carbonyl (C=O) groups excluding carboxylic acids is 1. The number of furan rings is 1. The van der Waals surface area contributed by atoms with E-state index in [1.54, 1.807) is 17.2 Å². The molecule has 0 saturated carbocycles. The quantitative estimate of drug-likeness (QED) is 0.772. The normalized spacial score (nSPS) is 11.0. The molecule has 0 atom stereocenters. The molecule has 0 unspecified atom stereocenters. The highest BCUT2D eigenvalue weighted by Gasteiger charge is 2.16. The number of fused-ring (bicyclic) bond motifs is 1. The van der Waals surface area contributed by atoms with Crippen LogP contribution >= 0.6 is 0 Å². The van der Waals surface area contributed by atoms with E-state index < -0.39 is 0 Å². The zero-order chi connectivity index (χ0) is 18.0. The van der Waals surface area contributed by atoms with E-state index in [-0.39, 0.29) is 18.0 Å². The number of benzene rings is 1. The van der Waals surface area contributed by atoms with Crippen molar-refractivity contribution in [3.63, 3.8) is 0 Å². The fourth-order valence-corrected chi connectivity index (χ4v) is 2.94. The molecule has 3 aromatic rings. The van der Waals surface area contributed by atoms with Crippen LogP contribution in [0, 0.1) is 13.8 Å². The van der Waals surface area contributed by atoms with Gasteiger partial charge in [-0.2, -0.15) is 0 Å². The molecule has 0 radical (unpaired) electrons. The Hall–Kier alpha value is -2.82. The topological polar surface area (TPSA) is 66.3 Å². The van der Waals surface area contributed by atoms with Crippen LogP contribution in [-0.4, -0.2) is 15.8 Å². The number of rotatable bonds is 5. The molecule has 1 aromatic carbocycles. The first-order valence-corrected chi connectivity index (χ1v) is 8.42. The van der Waals surface area contributed by atoms with Crippen molar-refractivity contribution in [3.05, 3.63) is 69.4 Å². The van der Waals surface area contributed by atoms with Crippen LogP contribution in [0.2, 0.25) is 0 Å². The van der Waals surface area contributed by atoms with Crippen molar-refractivity contribution in [2.45, 2.75) is 40.3 Å². The molecular formula is C20H22N2O3. The maximum atomic E-state index is 12.5. The summed E-state index contributed by atoms with van der Waals surface area (Å²) in [5.74, 6) is 0.682. The highest BCUT2D eigenvalue weighted by molar-refractivity contribution is 5.83. The van der Waals surface area contributed by atoms with Crippen LogP contribution < -0.4 is 5.56 Å². The van der Waals surface area contributed by atoms with Gasteiger partial charge in [0.2, 0.25) is 5.91 Å². The first-order valence-electron chi connectivity index (χ1n) is 8.42. The van der Waals surface area contributed by atoms with Crippen LogP contribution in [0.5, 0.6) is 0 Å². The van der Waals surface area contributed by atoms with Gasteiger partial charge in [0.15, 0.2) is 0 Å². The molecule has 3 rings (SSSR count). The number of aryl methyl sites for hydroxylation is 2. The summed E-state index contributed by atoms with van der Waals surface area (Å²) in [6.45, 7) is 6.44. The minimum atomic E-state index is -0.158. The van der Waals surface area contributed by atoms with Crippen LogP contribution in [0.3, 0.4) is 0 Å². The van der Waals surface area contributed by atoms with E-state index in [9.17, 15) is 9.59 Å². The molecule has 0 saturated heterocycles. The molecule has 0 fully saturated rings. The van der Waals surface area contributed by atoms with Gasteiger partial charge in [-0.15, -0.1) is 0 Å². The minimum absolute atomic E-state index is 0.0176. The van der Waals surface area contributed by atoms with Crippen molar-refractivity contribution < 1.29 is 9.21 Å². The zero-order valence-corrected chi connectivity index (χ0v) is 14.8. The smallest absolute Gasteiger partial charge is 0.253 e. The number of nitrogens with zero attached hydrogens (tertiary/aromatic N) is 1. The number of nitrogens with one attached hydrogen (secondary N) is 1. The van der Waals surface area contributed by atoms with Gasteiger partial charge < -0.3 is 14.3 Å². The third kappa shape index (κ3) is 3.50. The Morgan fingerprint density at radius 2 is 2.00 bits per heavy atom. The number of hydrogen-bond acceptors (Lipinski definition) is 3. The van der Waals surface area contributed by atoms with E-state index in [2.05, 4.69) is 4.98 Å². The van der Waals surface area contributed by atoms with E-state index in [4.69, 9.17) is 4.42 Å². The Labute approximate surface area is 146 Å². The fraction of sp³-hybridized carbons (Fsp3) is 0.300. The summed E-state index contributed by atoms with van der Waals surface area (Å²) in [6, 6.07) is 9.52. The average molecular weight is 338 g/mol. The average Bonchev–Trinajstić information content (AvgIpc) is 3.11. The summed E-state index contributed by atoms with van der Waals surface area (Å²) in [6.07, 6.45) is 1.96. The van der Waals surface area contributed by atoms with Gasteiger partial charge >= 0.3 is 0 Å². The van der Waals surface area contributed by atoms with Crippen molar-refractivity contribution in [1.82, 2.24) is 9.88 Å². The number of aromatic amines is 1. The van der Waals surface area contributed by atoms with Gasteiger partial charge in [-0.1, -0.05) is 19.1 Å². The summed E-state index contributed by atoms with van der Waals surface area (Å²) >= 11 is 0. The highest BCUT2D eigenvalue weighted by Crippen LogP contribution is 2.20. The van der Waals surface area contributed by atoms with Gasteiger partial charge in [-0.25, -0.2) is 0 Å². The van der Waals surface area contributed by atoms with Crippen LogP contribution in [0.25, 0.3) is 10.9 Å². The SMILES string of the molecule is CCC(=O)N(Cc1ccco1)Cc1cc2ccc(C)c(C)c2[nH]c1=O. The molecule has 0 bridgehead atoms. The van der Waals surface area contributed by atoms with Crippen LogP contribution in [0.1, 0.15) is 35.8 Å². The van der Waals surface area contributed by atoms with Crippen LogP contribution in [-0.2, 0) is 17.9 Å². The number of hydrogen-bond donors (Lipinski definition) is 1. The lowest BCUT2D eigenvalue weighted by atomic mass is 10.0. The summed E-state index contributed by atoms with van der Waals surface area (Å²) in [5.41, 5.74) is 3.47. The highest BCUT2D eigenvalue weighted by atomic mass is 16.3. The first kappa shape index (κ1) is 17.0. The maximum Gasteiger partial charge on any atom is 0.253 e. The predicted molar refractivity (Wildman–Crippen MR) is 97.3 cm³/mol. The molecule has 1 amide bonds. The third-order valence-electron chi connectivity index (χ3n) is 4.57. The van der Waals surface area contributed by atoms with Crippen LogP contribution in [0.15, 0.2) is 45.8 Å². The molecule has 0 aliphatic heterocycles. The van der Waals surface area contributed by atoms with Crippen molar-refractivity contribution in [1.29, 1.82) is 0 Å². The first-order chi connectivity index (χ1) is 12.0.